The van der Waals surface area contributed by atoms with E-state index in [9.17, 15) is 9.59 Å². The molecule has 0 atom stereocenters. The molecule has 1 saturated heterocycles. The number of benzene rings is 1. The molecule has 0 radical (unpaired) electrons. The van der Waals surface area contributed by atoms with Crippen LogP contribution in [0, 0.1) is 0 Å². The van der Waals surface area contributed by atoms with E-state index in [1.807, 2.05) is 24.0 Å². The molecule has 1 aromatic carbocycles. The third kappa shape index (κ3) is 4.18. The molecule has 1 fully saturated rings. The van der Waals surface area contributed by atoms with Crippen LogP contribution in [0.2, 0.25) is 0 Å². The van der Waals surface area contributed by atoms with E-state index in [0.29, 0.717) is 55.5 Å². The minimum absolute atomic E-state index is 0.0163. The van der Waals surface area contributed by atoms with Crippen LogP contribution in [0.15, 0.2) is 36.5 Å². The third-order valence-corrected chi connectivity index (χ3v) is 4.85. The van der Waals surface area contributed by atoms with Crippen LogP contribution in [0.25, 0.3) is 0 Å². The maximum Gasteiger partial charge on any atom is 0.319 e. The summed E-state index contributed by atoms with van der Waals surface area (Å²) in [5.74, 6) is 2.08. The van der Waals surface area contributed by atoms with Crippen LogP contribution < -0.4 is 25.0 Å². The Kier molecular flexibility index (Phi) is 5.37. The van der Waals surface area contributed by atoms with Crippen LogP contribution in [0.5, 0.6) is 11.5 Å². The van der Waals surface area contributed by atoms with Gasteiger partial charge in [0.2, 0.25) is 6.79 Å². The van der Waals surface area contributed by atoms with Gasteiger partial charge >= 0.3 is 6.03 Å². The van der Waals surface area contributed by atoms with E-state index in [1.54, 1.807) is 24.4 Å². The molecule has 2 aromatic rings. The molecule has 0 unspecified atom stereocenters. The maximum atomic E-state index is 12.8. The van der Waals surface area contributed by atoms with Gasteiger partial charge in [-0.15, -0.1) is 0 Å². The highest BCUT2D eigenvalue weighted by Crippen LogP contribution is 2.33. The minimum atomic E-state index is -0.252. The van der Waals surface area contributed by atoms with Crippen molar-refractivity contribution in [1.82, 2.24) is 15.2 Å². The van der Waals surface area contributed by atoms with Crippen LogP contribution in [-0.2, 0) is 0 Å². The first-order valence-electron chi connectivity index (χ1n) is 9.59. The lowest BCUT2D eigenvalue weighted by Crippen LogP contribution is -2.49. The lowest BCUT2D eigenvalue weighted by Gasteiger charge is -2.35. The Bertz CT molecular complexity index is 894. The molecule has 0 saturated carbocycles. The van der Waals surface area contributed by atoms with Gasteiger partial charge in [-0.2, -0.15) is 0 Å². The van der Waals surface area contributed by atoms with E-state index in [4.69, 9.17) is 9.47 Å². The Balaban J connectivity index is 1.33. The van der Waals surface area contributed by atoms with Crippen molar-refractivity contribution < 1.29 is 19.1 Å². The number of urea groups is 1. The van der Waals surface area contributed by atoms with Gasteiger partial charge in [0.05, 0.1) is 11.9 Å². The molecule has 9 nitrogen and oxygen atoms in total. The van der Waals surface area contributed by atoms with E-state index in [-0.39, 0.29) is 18.7 Å². The number of piperazine rings is 1. The standard InChI is InChI=1S/C20H23N5O4/c1-2-21-20(27)23-15-4-6-18(22-12-15)24-7-9-25(10-8-24)19(26)14-3-5-16-17(11-14)29-13-28-16/h3-6,11-12H,2,7-10,13H2,1H3,(H2,21,23,27). The lowest BCUT2D eigenvalue weighted by atomic mass is 10.1. The first kappa shape index (κ1) is 18.9. The zero-order valence-electron chi connectivity index (χ0n) is 16.2. The molecule has 3 heterocycles. The molecule has 2 aliphatic rings. The molecule has 9 heteroatoms. The Morgan fingerprint density at radius 2 is 1.86 bits per heavy atom. The quantitative estimate of drug-likeness (QED) is 0.818. The van der Waals surface area contributed by atoms with E-state index >= 15 is 0 Å². The second-order valence-electron chi connectivity index (χ2n) is 6.74. The summed E-state index contributed by atoms with van der Waals surface area (Å²) in [5, 5.41) is 5.40. The van der Waals surface area contributed by atoms with Crippen LogP contribution in [0.4, 0.5) is 16.3 Å². The number of nitrogens with zero attached hydrogens (tertiary/aromatic N) is 3. The molecule has 2 N–H and O–H groups in total. The van der Waals surface area contributed by atoms with Crippen molar-refractivity contribution in [3.63, 3.8) is 0 Å². The number of rotatable bonds is 4. The smallest absolute Gasteiger partial charge is 0.319 e. The number of ether oxygens (including phenoxy) is 2. The van der Waals surface area contributed by atoms with Gasteiger partial charge in [-0.3, -0.25) is 4.79 Å². The highest BCUT2D eigenvalue weighted by Gasteiger charge is 2.24. The summed E-state index contributed by atoms with van der Waals surface area (Å²) < 4.78 is 10.7. The molecule has 29 heavy (non-hydrogen) atoms. The fraction of sp³-hybridized carbons (Fsp3) is 0.350. The number of hydrogen-bond donors (Lipinski definition) is 2. The van der Waals surface area contributed by atoms with Crippen LogP contribution >= 0.6 is 0 Å². The van der Waals surface area contributed by atoms with E-state index in [1.165, 1.54) is 0 Å². The minimum Gasteiger partial charge on any atom is -0.454 e. The second-order valence-corrected chi connectivity index (χ2v) is 6.74. The summed E-state index contributed by atoms with van der Waals surface area (Å²) in [6.45, 7) is 5.20. The number of carbonyl (C=O) groups is 2. The number of anilines is 2. The summed E-state index contributed by atoms with van der Waals surface area (Å²) in [5.41, 5.74) is 1.23. The Morgan fingerprint density at radius 3 is 2.59 bits per heavy atom. The molecule has 0 spiro atoms. The summed E-state index contributed by atoms with van der Waals surface area (Å²) in [4.78, 5) is 32.7. The number of carbonyl (C=O) groups excluding carboxylic acids is 2. The number of nitrogens with one attached hydrogen (secondary N) is 2. The predicted molar refractivity (Wildman–Crippen MR) is 108 cm³/mol. The van der Waals surface area contributed by atoms with E-state index in [2.05, 4.69) is 20.5 Å². The fourth-order valence-electron chi connectivity index (χ4n) is 3.33. The van der Waals surface area contributed by atoms with Crippen molar-refractivity contribution in [2.24, 2.45) is 0 Å². The van der Waals surface area contributed by atoms with Gasteiger partial charge in [0.25, 0.3) is 5.91 Å². The number of aromatic nitrogens is 1. The lowest BCUT2D eigenvalue weighted by molar-refractivity contribution is 0.0746. The Labute approximate surface area is 168 Å². The summed E-state index contributed by atoms with van der Waals surface area (Å²) in [6.07, 6.45) is 1.63. The zero-order valence-corrected chi connectivity index (χ0v) is 16.2. The van der Waals surface area contributed by atoms with Gasteiger partial charge in [-0.1, -0.05) is 0 Å². The monoisotopic (exact) mass is 397 g/mol. The van der Waals surface area contributed by atoms with Crippen molar-refractivity contribution in [1.29, 1.82) is 0 Å². The molecule has 0 aliphatic carbocycles. The Hall–Kier alpha value is -3.49. The van der Waals surface area contributed by atoms with Crippen molar-refractivity contribution in [2.75, 3.05) is 49.7 Å². The SMILES string of the molecule is CCNC(=O)Nc1ccc(N2CCN(C(=O)c3ccc4c(c3)OCO4)CC2)nc1. The van der Waals surface area contributed by atoms with Gasteiger partial charge in [0.1, 0.15) is 5.82 Å². The van der Waals surface area contributed by atoms with Crippen molar-refractivity contribution >= 4 is 23.4 Å². The van der Waals surface area contributed by atoms with Crippen molar-refractivity contribution in [3.8, 4) is 11.5 Å². The van der Waals surface area contributed by atoms with Crippen molar-refractivity contribution in [3.05, 3.63) is 42.1 Å². The maximum absolute atomic E-state index is 12.8. The third-order valence-electron chi connectivity index (χ3n) is 4.85. The number of pyridine rings is 1. The van der Waals surface area contributed by atoms with Crippen LogP contribution in [-0.4, -0.2) is 61.3 Å². The number of amides is 3. The molecular formula is C20H23N5O4. The van der Waals surface area contributed by atoms with Gasteiger partial charge in [-0.05, 0) is 37.3 Å². The predicted octanol–water partition coefficient (Wildman–Crippen LogP) is 1.91. The van der Waals surface area contributed by atoms with Gasteiger partial charge in [-0.25, -0.2) is 9.78 Å². The summed E-state index contributed by atoms with van der Waals surface area (Å²) >= 11 is 0. The molecule has 2 aliphatic heterocycles. The molecule has 0 bridgehead atoms. The summed E-state index contributed by atoms with van der Waals surface area (Å²) in [7, 11) is 0. The highest BCUT2D eigenvalue weighted by atomic mass is 16.7. The topological polar surface area (TPSA) is 96.0 Å². The normalized spacial score (nSPS) is 15.2. The molecular weight excluding hydrogens is 374 g/mol. The van der Waals surface area contributed by atoms with Gasteiger partial charge in [0, 0.05) is 38.3 Å². The van der Waals surface area contributed by atoms with E-state index < -0.39 is 0 Å². The van der Waals surface area contributed by atoms with Crippen molar-refractivity contribution in [2.45, 2.75) is 6.92 Å². The number of hydrogen-bond acceptors (Lipinski definition) is 6. The average Bonchev–Trinajstić information content (AvgIpc) is 3.22. The molecule has 3 amide bonds. The zero-order chi connectivity index (χ0) is 20.2. The molecule has 4 rings (SSSR count). The van der Waals surface area contributed by atoms with Crippen LogP contribution in [0.3, 0.4) is 0 Å². The molecule has 152 valence electrons. The number of fused-ring (bicyclic) bond motifs is 1. The fourth-order valence-corrected chi connectivity index (χ4v) is 3.33. The Morgan fingerprint density at radius 1 is 1.07 bits per heavy atom. The van der Waals surface area contributed by atoms with Gasteiger partial charge in [0.15, 0.2) is 11.5 Å². The largest absolute Gasteiger partial charge is 0.454 e. The first-order chi connectivity index (χ1) is 14.1. The van der Waals surface area contributed by atoms with E-state index in [0.717, 1.165) is 5.82 Å². The first-order valence-corrected chi connectivity index (χ1v) is 9.59. The average molecular weight is 397 g/mol. The second kappa shape index (κ2) is 8.26. The van der Waals surface area contributed by atoms with Crippen LogP contribution in [0.1, 0.15) is 17.3 Å². The van der Waals surface area contributed by atoms with Gasteiger partial charge < -0.3 is 29.9 Å². The summed E-state index contributed by atoms with van der Waals surface area (Å²) in [6, 6.07) is 8.71. The molecule has 1 aromatic heterocycles. The highest BCUT2D eigenvalue weighted by molar-refractivity contribution is 5.95.